The van der Waals surface area contributed by atoms with Crippen LogP contribution < -0.4 is 26.5 Å². The number of hydrogen-bond donors (Lipinski definition) is 2. The molecule has 0 aliphatic carbocycles. The number of hydroxylamine groups is 1. The van der Waals surface area contributed by atoms with Crippen molar-refractivity contribution in [1.82, 2.24) is 19.8 Å². The van der Waals surface area contributed by atoms with Crippen molar-refractivity contribution in [3.8, 4) is 5.69 Å². The number of H-pyrrole nitrogens is 1. The van der Waals surface area contributed by atoms with Gasteiger partial charge in [0.25, 0.3) is 5.56 Å². The molecule has 2 aliphatic rings. The van der Waals surface area contributed by atoms with Crippen LogP contribution >= 0.6 is 11.6 Å². The zero-order chi connectivity index (χ0) is 27.2. The molecule has 0 saturated carbocycles. The zero-order valence-corrected chi connectivity index (χ0v) is 20.1. The summed E-state index contributed by atoms with van der Waals surface area (Å²) in [6.07, 6.45) is -6.73. The van der Waals surface area contributed by atoms with Gasteiger partial charge in [-0.25, -0.2) is 18.5 Å². The Morgan fingerprint density at radius 2 is 1.68 bits per heavy atom. The molecule has 0 bridgehead atoms. The number of benzene rings is 2. The molecule has 2 N–H and O–H groups in total. The summed E-state index contributed by atoms with van der Waals surface area (Å²) < 4.78 is 54.8. The molecule has 15 heteroatoms. The van der Waals surface area contributed by atoms with Gasteiger partial charge in [-0.05, 0) is 36.4 Å². The number of anilines is 3. The minimum Gasteiger partial charge on any atom is -0.327 e. The number of aromatic nitrogens is 2. The van der Waals surface area contributed by atoms with E-state index < -0.39 is 41.3 Å². The van der Waals surface area contributed by atoms with Crippen LogP contribution in [-0.4, -0.2) is 59.1 Å². The first kappa shape index (κ1) is 25.8. The Morgan fingerprint density at radius 3 is 2.32 bits per heavy atom. The summed E-state index contributed by atoms with van der Waals surface area (Å²) in [5.41, 5.74) is -2.11. The van der Waals surface area contributed by atoms with E-state index >= 15 is 0 Å². The molecule has 38 heavy (non-hydrogen) atoms. The van der Waals surface area contributed by atoms with Crippen LogP contribution in [0.4, 0.5) is 34.8 Å². The van der Waals surface area contributed by atoms with Gasteiger partial charge in [0.15, 0.2) is 11.5 Å². The van der Waals surface area contributed by atoms with Gasteiger partial charge in [-0.3, -0.25) is 19.6 Å². The van der Waals surface area contributed by atoms with Crippen LogP contribution in [0.1, 0.15) is 0 Å². The lowest BCUT2D eigenvalue weighted by Gasteiger charge is -2.41. The fourth-order valence-corrected chi connectivity index (χ4v) is 4.67. The van der Waals surface area contributed by atoms with E-state index in [2.05, 4.69) is 10.3 Å². The SMILES string of the molecule is O=C(ON1c2c(c(=O)[nH]c(=O)n2-c2ccc(F)cc2)N(c2ccccc2Cl)C1N1CCNCC1)C(F)(F)F. The number of carbonyl (C=O) groups excluding carboxylic acids is 1. The Morgan fingerprint density at radius 1 is 1.03 bits per heavy atom. The lowest BCUT2D eigenvalue weighted by molar-refractivity contribution is -0.203. The Labute approximate surface area is 216 Å². The highest BCUT2D eigenvalue weighted by atomic mass is 35.5. The summed E-state index contributed by atoms with van der Waals surface area (Å²) in [5.74, 6) is -3.67. The van der Waals surface area contributed by atoms with Crippen molar-refractivity contribution in [2.45, 2.75) is 12.5 Å². The minimum absolute atomic E-state index is 0.00275. The second-order valence-corrected chi connectivity index (χ2v) is 8.81. The number of alkyl halides is 3. The predicted molar refractivity (Wildman–Crippen MR) is 129 cm³/mol. The molecule has 3 heterocycles. The van der Waals surface area contributed by atoms with E-state index in [1.54, 1.807) is 17.0 Å². The standard InChI is InChI=1S/C23H19ClF4N6O4/c24-15-3-1-2-4-16(15)33-17-18(35)30-21(37)32(14-7-5-13(25)6-8-14)19(17)34(38-20(36)23(26,27)28)22(33)31-11-9-29-10-12-31/h1-8,22,29H,9-12H2,(H,30,35,37). The minimum atomic E-state index is -5.39. The molecule has 0 spiro atoms. The molecule has 10 nitrogen and oxygen atoms in total. The lowest BCUT2D eigenvalue weighted by Crippen LogP contribution is -2.60. The summed E-state index contributed by atoms with van der Waals surface area (Å²) in [5, 5.41) is 3.84. The number of piperazine rings is 1. The number of nitrogens with one attached hydrogen (secondary N) is 2. The van der Waals surface area contributed by atoms with Crippen LogP contribution in [0.15, 0.2) is 58.1 Å². The van der Waals surface area contributed by atoms with E-state index in [4.69, 9.17) is 16.4 Å². The maximum atomic E-state index is 13.7. The van der Waals surface area contributed by atoms with Crippen molar-refractivity contribution in [2.75, 3.05) is 36.1 Å². The fourth-order valence-electron chi connectivity index (χ4n) is 4.44. The van der Waals surface area contributed by atoms with Crippen molar-refractivity contribution in [3.05, 3.63) is 80.2 Å². The Hall–Kier alpha value is -3.88. The molecule has 3 aromatic rings. The molecule has 0 radical (unpaired) electrons. The number of para-hydroxylation sites is 1. The van der Waals surface area contributed by atoms with Crippen LogP contribution in [0.3, 0.4) is 0 Å². The zero-order valence-electron chi connectivity index (χ0n) is 19.3. The Kier molecular flexibility index (Phi) is 6.63. The highest BCUT2D eigenvalue weighted by molar-refractivity contribution is 6.33. The van der Waals surface area contributed by atoms with Crippen LogP contribution in [0, 0.1) is 5.82 Å². The van der Waals surface area contributed by atoms with E-state index in [1.165, 1.54) is 29.2 Å². The van der Waals surface area contributed by atoms with Gasteiger partial charge in [0.05, 0.1) is 16.4 Å². The molecule has 5 rings (SSSR count). The first-order valence-electron chi connectivity index (χ1n) is 11.3. The maximum Gasteiger partial charge on any atom is 0.493 e. The number of aromatic amines is 1. The van der Waals surface area contributed by atoms with E-state index in [0.717, 1.165) is 16.7 Å². The average Bonchev–Trinajstić information content (AvgIpc) is 3.20. The van der Waals surface area contributed by atoms with E-state index in [0.29, 0.717) is 18.2 Å². The maximum absolute atomic E-state index is 13.7. The van der Waals surface area contributed by atoms with Crippen molar-refractivity contribution in [2.24, 2.45) is 0 Å². The third kappa shape index (κ3) is 4.50. The highest BCUT2D eigenvalue weighted by Gasteiger charge is 2.51. The summed E-state index contributed by atoms with van der Waals surface area (Å²) >= 11 is 6.46. The van der Waals surface area contributed by atoms with Crippen molar-refractivity contribution < 1.29 is 27.2 Å². The summed E-state index contributed by atoms with van der Waals surface area (Å²) in [6.45, 7) is 1.42. The number of fused-ring (bicyclic) bond motifs is 1. The summed E-state index contributed by atoms with van der Waals surface area (Å²) in [6, 6.07) is 10.7. The van der Waals surface area contributed by atoms with E-state index in [-0.39, 0.29) is 35.2 Å². The van der Waals surface area contributed by atoms with Gasteiger partial charge in [0.1, 0.15) is 5.82 Å². The molecule has 0 amide bonds. The Bertz CT molecular complexity index is 1490. The predicted octanol–water partition coefficient (Wildman–Crippen LogP) is 2.49. The molecule has 2 aliphatic heterocycles. The third-order valence-electron chi connectivity index (χ3n) is 6.04. The van der Waals surface area contributed by atoms with Gasteiger partial charge >= 0.3 is 17.8 Å². The lowest BCUT2D eigenvalue weighted by atomic mass is 10.2. The average molecular weight is 555 g/mol. The molecule has 1 atom stereocenters. The number of halogens is 5. The number of carbonyl (C=O) groups is 1. The van der Waals surface area contributed by atoms with Crippen molar-refractivity contribution in [3.63, 3.8) is 0 Å². The van der Waals surface area contributed by atoms with Gasteiger partial charge in [-0.2, -0.15) is 13.2 Å². The van der Waals surface area contributed by atoms with E-state index in [9.17, 15) is 31.9 Å². The first-order valence-corrected chi connectivity index (χ1v) is 11.7. The van der Waals surface area contributed by atoms with Crippen LogP contribution in [-0.2, 0) is 9.63 Å². The topological polar surface area (TPSA) is 103 Å². The molecule has 1 fully saturated rings. The second-order valence-electron chi connectivity index (χ2n) is 8.40. The van der Waals surface area contributed by atoms with Crippen molar-refractivity contribution in [1.29, 1.82) is 0 Å². The summed E-state index contributed by atoms with van der Waals surface area (Å²) in [7, 11) is 0. The smallest absolute Gasteiger partial charge is 0.327 e. The molecular weight excluding hydrogens is 536 g/mol. The van der Waals surface area contributed by atoms with Crippen LogP contribution in [0.25, 0.3) is 5.69 Å². The second kappa shape index (κ2) is 9.78. The van der Waals surface area contributed by atoms with Gasteiger partial charge in [-0.15, -0.1) is 5.06 Å². The molecule has 1 unspecified atom stereocenters. The van der Waals surface area contributed by atoms with Gasteiger partial charge in [0.2, 0.25) is 6.29 Å². The van der Waals surface area contributed by atoms with E-state index in [1.807, 2.05) is 0 Å². The number of hydrogen-bond acceptors (Lipinski definition) is 8. The van der Waals surface area contributed by atoms with Crippen molar-refractivity contribution >= 4 is 34.8 Å². The quantitative estimate of drug-likeness (QED) is 0.474. The molecule has 2 aromatic carbocycles. The molecular formula is C23H19ClF4N6O4. The third-order valence-corrected chi connectivity index (χ3v) is 6.36. The van der Waals surface area contributed by atoms with Gasteiger partial charge < -0.3 is 10.2 Å². The van der Waals surface area contributed by atoms with Gasteiger partial charge in [-0.1, -0.05) is 23.7 Å². The largest absolute Gasteiger partial charge is 0.493 e. The highest BCUT2D eigenvalue weighted by Crippen LogP contribution is 2.45. The van der Waals surface area contributed by atoms with Gasteiger partial charge in [0, 0.05) is 26.2 Å². The molecule has 1 aromatic heterocycles. The fraction of sp³-hybridized carbons (Fsp3) is 0.261. The number of nitrogens with zero attached hydrogens (tertiary/aromatic N) is 4. The Balaban J connectivity index is 1.83. The normalized spacial score (nSPS) is 18.0. The molecule has 200 valence electrons. The van der Waals surface area contributed by atoms with Crippen LogP contribution in [0.5, 0.6) is 0 Å². The van der Waals surface area contributed by atoms with Crippen LogP contribution in [0.2, 0.25) is 5.02 Å². The monoisotopic (exact) mass is 554 g/mol. The number of rotatable bonds is 4. The molecule has 1 saturated heterocycles. The summed E-state index contributed by atoms with van der Waals surface area (Å²) in [4.78, 5) is 48.5. The first-order chi connectivity index (χ1) is 18.1.